The maximum Gasteiger partial charge on any atom is 1.00 e. The van der Waals surface area contributed by atoms with Crippen molar-refractivity contribution in [3.8, 4) is 5.75 Å². The van der Waals surface area contributed by atoms with Gasteiger partial charge in [-0.3, -0.25) is 4.79 Å². The third-order valence-corrected chi connectivity index (χ3v) is 4.82. The normalized spacial score (nSPS) is 10.8. The molecule has 9 heteroatoms. The summed E-state index contributed by atoms with van der Waals surface area (Å²) >= 11 is 0. The van der Waals surface area contributed by atoms with Crippen LogP contribution in [0.15, 0.2) is 29.2 Å². The molecule has 1 rings (SSSR count). The summed E-state index contributed by atoms with van der Waals surface area (Å²) in [6.45, 7) is 2.11. The predicted octanol–water partition coefficient (Wildman–Crippen LogP) is 1.21. The number of rotatable bonds is 13. The minimum absolute atomic E-state index is 0. The van der Waals surface area contributed by atoms with Crippen molar-refractivity contribution >= 4 is 22.1 Å². The molecule has 0 radical (unpaired) electrons. The quantitative estimate of drug-likeness (QED) is 0.154. The van der Waals surface area contributed by atoms with Crippen LogP contribution in [-0.4, -0.2) is 31.5 Å². The summed E-state index contributed by atoms with van der Waals surface area (Å²) in [6, 6.07) is 4.43. The predicted molar refractivity (Wildman–Crippen MR) is 98.6 cm³/mol. The molecule has 0 amide bonds. The number of ketones is 1. The van der Waals surface area contributed by atoms with Crippen LogP contribution < -0.4 is 34.3 Å². The molecule has 0 spiro atoms. The molecular weight excluding hydrogens is 395 g/mol. The Hall–Kier alpha value is -0.930. The van der Waals surface area contributed by atoms with Gasteiger partial charge in [0.05, 0.1) is 4.90 Å². The smallest absolute Gasteiger partial charge is 0.744 e. The van der Waals surface area contributed by atoms with E-state index in [9.17, 15) is 22.6 Å². The monoisotopic (exact) mass is 422 g/mol. The van der Waals surface area contributed by atoms with Gasteiger partial charge in [-0.25, -0.2) is 13.2 Å². The van der Waals surface area contributed by atoms with E-state index in [0.717, 1.165) is 31.4 Å². The van der Waals surface area contributed by atoms with Gasteiger partial charge in [-0.05, 0) is 30.7 Å². The zero-order valence-corrected chi connectivity index (χ0v) is 19.5. The van der Waals surface area contributed by atoms with Crippen molar-refractivity contribution in [2.75, 3.05) is 6.61 Å². The van der Waals surface area contributed by atoms with Crippen molar-refractivity contribution in [1.29, 1.82) is 0 Å². The van der Waals surface area contributed by atoms with E-state index in [-0.39, 0.29) is 54.1 Å². The minimum Gasteiger partial charge on any atom is -0.744 e. The van der Waals surface area contributed by atoms with Crippen LogP contribution in [0, 0.1) is 0 Å². The first kappa shape index (κ1) is 27.1. The van der Waals surface area contributed by atoms with E-state index in [4.69, 9.17) is 9.47 Å². The fourth-order valence-electron chi connectivity index (χ4n) is 2.45. The zero-order valence-electron chi connectivity index (χ0n) is 16.6. The molecule has 1 aromatic rings. The summed E-state index contributed by atoms with van der Waals surface area (Å²) in [6.07, 6.45) is 7.59. The Labute approximate surface area is 189 Å². The fraction of sp³-hybridized carbons (Fsp3) is 0.579. The number of hydrogen-bond donors (Lipinski definition) is 0. The molecule has 0 bridgehead atoms. The Morgan fingerprint density at radius 3 is 2.07 bits per heavy atom. The Kier molecular flexibility index (Phi) is 14.5. The van der Waals surface area contributed by atoms with E-state index in [0.29, 0.717) is 6.42 Å². The summed E-state index contributed by atoms with van der Waals surface area (Å²) in [7, 11) is -4.55. The summed E-state index contributed by atoms with van der Waals surface area (Å²) in [5.41, 5.74) is 0. The van der Waals surface area contributed by atoms with E-state index in [1.54, 1.807) is 0 Å². The molecule has 0 aliphatic heterocycles. The van der Waals surface area contributed by atoms with E-state index in [1.165, 1.54) is 37.8 Å². The fourth-order valence-corrected chi connectivity index (χ4v) is 2.92. The molecular formula is C19H27NaO7S. The first-order valence-corrected chi connectivity index (χ1v) is 10.7. The molecule has 0 saturated heterocycles. The van der Waals surface area contributed by atoms with E-state index >= 15 is 0 Å². The van der Waals surface area contributed by atoms with Gasteiger partial charge in [0.25, 0.3) is 0 Å². The van der Waals surface area contributed by atoms with Crippen LogP contribution >= 0.6 is 0 Å². The van der Waals surface area contributed by atoms with E-state index in [1.807, 2.05) is 0 Å². The third kappa shape index (κ3) is 12.5. The number of benzene rings is 1. The van der Waals surface area contributed by atoms with Crippen LogP contribution in [0.25, 0.3) is 0 Å². The second-order valence-electron chi connectivity index (χ2n) is 6.29. The van der Waals surface area contributed by atoms with Crippen LogP contribution in [0.4, 0.5) is 4.79 Å². The van der Waals surface area contributed by atoms with Gasteiger partial charge in [-0.15, -0.1) is 0 Å². The molecule has 0 heterocycles. The number of carbonyl (C=O) groups excluding carboxylic acids is 2. The van der Waals surface area contributed by atoms with Crippen molar-refractivity contribution < 1.29 is 61.6 Å². The van der Waals surface area contributed by atoms with E-state index in [2.05, 4.69) is 6.92 Å². The van der Waals surface area contributed by atoms with Crippen molar-refractivity contribution in [3.05, 3.63) is 24.3 Å². The summed E-state index contributed by atoms with van der Waals surface area (Å²) in [4.78, 5) is 22.8. The van der Waals surface area contributed by atoms with Gasteiger partial charge < -0.3 is 14.0 Å². The van der Waals surface area contributed by atoms with Crippen molar-refractivity contribution in [3.63, 3.8) is 0 Å². The number of ether oxygens (including phenoxy) is 2. The second-order valence-corrected chi connectivity index (χ2v) is 7.67. The largest absolute Gasteiger partial charge is 1.00 e. The Morgan fingerprint density at radius 1 is 0.929 bits per heavy atom. The molecule has 0 aromatic heterocycles. The molecule has 152 valence electrons. The van der Waals surface area contributed by atoms with Crippen molar-refractivity contribution in [2.24, 2.45) is 0 Å². The number of hydrogen-bond acceptors (Lipinski definition) is 7. The maximum absolute atomic E-state index is 11.7. The summed E-state index contributed by atoms with van der Waals surface area (Å²) < 4.78 is 42.1. The molecule has 0 unspecified atom stereocenters. The van der Waals surface area contributed by atoms with Crippen LogP contribution in [0.2, 0.25) is 0 Å². The molecule has 0 aliphatic carbocycles. The molecule has 0 atom stereocenters. The Bertz CT molecular complexity index is 687. The van der Waals surface area contributed by atoms with Gasteiger partial charge >= 0.3 is 35.7 Å². The standard InChI is InChI=1S/C19H28O7S.Na/c1-2-3-4-5-6-7-8-9-16(20)14-15-25-19(21)26-17-10-12-18(13-11-17)27(22,23)24;/h10-13H,2-9,14-15H2,1H3,(H,22,23,24);/q;+1/p-1. The Balaban J connectivity index is 0.00000729. The van der Waals surface area contributed by atoms with Crippen LogP contribution in [0.5, 0.6) is 5.75 Å². The first-order chi connectivity index (χ1) is 12.8. The Morgan fingerprint density at radius 2 is 1.50 bits per heavy atom. The molecule has 0 fully saturated rings. The van der Waals surface area contributed by atoms with Crippen molar-refractivity contribution in [2.45, 2.75) is 69.6 Å². The van der Waals surface area contributed by atoms with Gasteiger partial charge in [0, 0.05) is 12.8 Å². The number of Topliss-reactive ketones (excluding diaryl/α,β-unsaturated/α-hetero) is 1. The molecule has 0 saturated carbocycles. The molecule has 0 N–H and O–H groups in total. The van der Waals surface area contributed by atoms with Crippen LogP contribution in [-0.2, 0) is 19.6 Å². The van der Waals surface area contributed by atoms with Gasteiger partial charge in [-0.1, -0.05) is 45.4 Å². The van der Waals surface area contributed by atoms with Gasteiger partial charge in [-0.2, -0.15) is 0 Å². The van der Waals surface area contributed by atoms with Crippen LogP contribution in [0.1, 0.15) is 64.7 Å². The molecule has 1 aromatic carbocycles. The minimum atomic E-state index is -4.55. The summed E-state index contributed by atoms with van der Waals surface area (Å²) in [5.74, 6) is 0.0863. The SMILES string of the molecule is CCCCCCCCCC(=O)CCOC(=O)Oc1ccc(S(=O)(=O)[O-])cc1.[Na+]. The van der Waals surface area contributed by atoms with Gasteiger partial charge in [0.2, 0.25) is 0 Å². The van der Waals surface area contributed by atoms with Crippen molar-refractivity contribution in [1.82, 2.24) is 0 Å². The second kappa shape index (κ2) is 15.0. The number of unbranched alkanes of at least 4 members (excludes halogenated alkanes) is 6. The third-order valence-electron chi connectivity index (χ3n) is 3.97. The van der Waals surface area contributed by atoms with E-state index < -0.39 is 21.2 Å². The number of carbonyl (C=O) groups is 2. The summed E-state index contributed by atoms with van der Waals surface area (Å²) in [5, 5.41) is 0. The topological polar surface area (TPSA) is 110 Å². The average Bonchev–Trinajstić information content (AvgIpc) is 2.60. The first-order valence-electron chi connectivity index (χ1n) is 9.25. The van der Waals surface area contributed by atoms with Gasteiger partial charge in [0.1, 0.15) is 28.3 Å². The average molecular weight is 422 g/mol. The van der Waals surface area contributed by atoms with Crippen LogP contribution in [0.3, 0.4) is 0 Å². The zero-order chi connectivity index (χ0) is 20.1. The molecule has 7 nitrogen and oxygen atoms in total. The van der Waals surface area contributed by atoms with Gasteiger partial charge in [0.15, 0.2) is 0 Å². The maximum atomic E-state index is 11.7. The molecule has 28 heavy (non-hydrogen) atoms. The molecule has 0 aliphatic rings.